The normalized spacial score (nSPS) is 10.2. The Morgan fingerprint density at radius 2 is 2.16 bits per heavy atom. The Labute approximate surface area is 120 Å². The van der Waals surface area contributed by atoms with Crippen molar-refractivity contribution >= 4 is 21.6 Å². The van der Waals surface area contributed by atoms with Gasteiger partial charge in [-0.1, -0.05) is 22.9 Å². The molecule has 1 aromatic carbocycles. The zero-order chi connectivity index (χ0) is 13.7. The van der Waals surface area contributed by atoms with E-state index < -0.39 is 0 Å². The molecule has 100 valence electrons. The summed E-state index contributed by atoms with van der Waals surface area (Å²) in [5.74, 6) is 1.68. The third-order valence-electron chi connectivity index (χ3n) is 2.31. The standard InChI is InChI=1S/C14H15BrN2O2/c1-2-6-18-13-4-3-5-17-14(13)19-12-8-10(15)7-11(16)9-12/h3-5,7-9H,2,6,16H2,1H3. The van der Waals surface area contributed by atoms with Crippen LogP contribution in [-0.4, -0.2) is 11.6 Å². The molecule has 1 aromatic heterocycles. The van der Waals surface area contributed by atoms with Gasteiger partial charge in [0.05, 0.1) is 6.61 Å². The van der Waals surface area contributed by atoms with Crippen LogP contribution in [0.4, 0.5) is 5.69 Å². The molecule has 0 atom stereocenters. The monoisotopic (exact) mass is 322 g/mol. The van der Waals surface area contributed by atoms with Crippen LogP contribution in [0, 0.1) is 0 Å². The number of anilines is 1. The van der Waals surface area contributed by atoms with Gasteiger partial charge >= 0.3 is 0 Å². The SMILES string of the molecule is CCCOc1cccnc1Oc1cc(N)cc(Br)c1. The fourth-order valence-corrected chi connectivity index (χ4v) is 2.02. The highest BCUT2D eigenvalue weighted by Gasteiger charge is 2.08. The molecule has 2 N–H and O–H groups in total. The Kier molecular flexibility index (Phi) is 4.63. The number of nitrogens with two attached hydrogens (primary N) is 1. The second kappa shape index (κ2) is 6.43. The van der Waals surface area contributed by atoms with E-state index in [0.29, 0.717) is 29.7 Å². The second-order valence-corrected chi connectivity index (χ2v) is 4.89. The van der Waals surface area contributed by atoms with Crippen molar-refractivity contribution in [1.29, 1.82) is 0 Å². The summed E-state index contributed by atoms with van der Waals surface area (Å²) in [7, 11) is 0. The molecule has 0 spiro atoms. The summed E-state index contributed by atoms with van der Waals surface area (Å²) in [6, 6.07) is 9.02. The van der Waals surface area contributed by atoms with Gasteiger partial charge in [-0.3, -0.25) is 0 Å². The first-order chi connectivity index (χ1) is 9.19. The number of nitrogen functional groups attached to an aromatic ring is 1. The van der Waals surface area contributed by atoms with E-state index in [1.807, 2.05) is 25.1 Å². The van der Waals surface area contributed by atoms with Crippen LogP contribution in [0.5, 0.6) is 17.4 Å². The lowest BCUT2D eigenvalue weighted by Gasteiger charge is -2.11. The zero-order valence-corrected chi connectivity index (χ0v) is 12.2. The van der Waals surface area contributed by atoms with Crippen LogP contribution in [0.15, 0.2) is 41.0 Å². The number of nitrogens with zero attached hydrogens (tertiary/aromatic N) is 1. The average molecular weight is 323 g/mol. The van der Waals surface area contributed by atoms with E-state index >= 15 is 0 Å². The molecule has 0 bridgehead atoms. The van der Waals surface area contributed by atoms with E-state index in [4.69, 9.17) is 15.2 Å². The minimum atomic E-state index is 0.438. The predicted molar refractivity (Wildman–Crippen MR) is 78.7 cm³/mol. The Bertz CT molecular complexity index is 541. The van der Waals surface area contributed by atoms with Gasteiger partial charge in [-0.15, -0.1) is 0 Å². The summed E-state index contributed by atoms with van der Waals surface area (Å²) in [5.41, 5.74) is 6.39. The summed E-state index contributed by atoms with van der Waals surface area (Å²) in [5, 5.41) is 0. The third-order valence-corrected chi connectivity index (χ3v) is 2.76. The smallest absolute Gasteiger partial charge is 0.262 e. The van der Waals surface area contributed by atoms with Crippen molar-refractivity contribution in [1.82, 2.24) is 4.98 Å². The lowest BCUT2D eigenvalue weighted by Crippen LogP contribution is -1.99. The molecule has 0 unspecified atom stereocenters. The van der Waals surface area contributed by atoms with Crippen LogP contribution >= 0.6 is 15.9 Å². The van der Waals surface area contributed by atoms with Gasteiger partial charge in [0.1, 0.15) is 5.75 Å². The predicted octanol–water partition coefficient (Wildman–Crippen LogP) is 4.01. The molecular formula is C14H15BrN2O2. The van der Waals surface area contributed by atoms with Crippen molar-refractivity contribution < 1.29 is 9.47 Å². The number of rotatable bonds is 5. The van der Waals surface area contributed by atoms with E-state index in [1.165, 1.54) is 0 Å². The second-order valence-electron chi connectivity index (χ2n) is 3.98. The van der Waals surface area contributed by atoms with Crippen LogP contribution in [0.1, 0.15) is 13.3 Å². The Balaban J connectivity index is 2.22. The highest BCUT2D eigenvalue weighted by Crippen LogP contribution is 2.31. The summed E-state index contributed by atoms with van der Waals surface area (Å²) >= 11 is 3.38. The van der Waals surface area contributed by atoms with Gasteiger partial charge in [0.25, 0.3) is 5.88 Å². The van der Waals surface area contributed by atoms with Crippen LogP contribution in [0.2, 0.25) is 0 Å². The largest absolute Gasteiger partial charge is 0.488 e. The fraction of sp³-hybridized carbons (Fsp3) is 0.214. The maximum absolute atomic E-state index is 5.77. The first-order valence-electron chi connectivity index (χ1n) is 6.01. The van der Waals surface area contributed by atoms with Crippen molar-refractivity contribution in [2.75, 3.05) is 12.3 Å². The van der Waals surface area contributed by atoms with Gasteiger partial charge in [-0.25, -0.2) is 4.98 Å². The molecule has 0 aliphatic heterocycles. The van der Waals surface area contributed by atoms with Crippen LogP contribution < -0.4 is 15.2 Å². The van der Waals surface area contributed by atoms with Crippen molar-refractivity contribution in [2.45, 2.75) is 13.3 Å². The Hall–Kier alpha value is -1.75. The van der Waals surface area contributed by atoms with Crippen molar-refractivity contribution in [3.8, 4) is 17.4 Å². The number of hydrogen-bond acceptors (Lipinski definition) is 4. The molecule has 0 fully saturated rings. The number of halogens is 1. The molecule has 0 aliphatic rings. The van der Waals surface area contributed by atoms with Gasteiger partial charge in [-0.05, 0) is 30.7 Å². The molecule has 0 saturated carbocycles. The number of aromatic nitrogens is 1. The molecule has 2 rings (SSSR count). The van der Waals surface area contributed by atoms with E-state index in [2.05, 4.69) is 20.9 Å². The summed E-state index contributed by atoms with van der Waals surface area (Å²) in [4.78, 5) is 4.18. The van der Waals surface area contributed by atoms with Gasteiger partial charge in [0, 0.05) is 22.4 Å². The number of benzene rings is 1. The topological polar surface area (TPSA) is 57.4 Å². The molecule has 0 aliphatic carbocycles. The molecule has 5 heteroatoms. The molecule has 1 heterocycles. The lowest BCUT2D eigenvalue weighted by atomic mass is 10.3. The average Bonchev–Trinajstić information content (AvgIpc) is 2.36. The van der Waals surface area contributed by atoms with E-state index in [1.54, 1.807) is 18.3 Å². The lowest BCUT2D eigenvalue weighted by molar-refractivity contribution is 0.298. The first kappa shape index (κ1) is 13.7. The summed E-state index contributed by atoms with van der Waals surface area (Å²) in [6.07, 6.45) is 2.59. The van der Waals surface area contributed by atoms with Gasteiger partial charge in [0.15, 0.2) is 5.75 Å². The zero-order valence-electron chi connectivity index (χ0n) is 10.6. The molecule has 0 amide bonds. The molecular weight excluding hydrogens is 308 g/mol. The van der Waals surface area contributed by atoms with Crippen molar-refractivity contribution in [3.63, 3.8) is 0 Å². The van der Waals surface area contributed by atoms with Gasteiger partial charge in [0.2, 0.25) is 0 Å². The fourth-order valence-electron chi connectivity index (χ4n) is 1.53. The molecule has 0 saturated heterocycles. The summed E-state index contributed by atoms with van der Waals surface area (Å²) < 4.78 is 12.2. The Morgan fingerprint density at radius 3 is 2.89 bits per heavy atom. The maximum Gasteiger partial charge on any atom is 0.262 e. The highest BCUT2D eigenvalue weighted by molar-refractivity contribution is 9.10. The van der Waals surface area contributed by atoms with Crippen LogP contribution in [0.3, 0.4) is 0 Å². The molecule has 19 heavy (non-hydrogen) atoms. The maximum atomic E-state index is 5.77. The quantitative estimate of drug-likeness (QED) is 0.845. The number of hydrogen-bond donors (Lipinski definition) is 1. The first-order valence-corrected chi connectivity index (χ1v) is 6.80. The molecule has 4 nitrogen and oxygen atoms in total. The molecule has 0 radical (unpaired) electrons. The van der Waals surface area contributed by atoms with Gasteiger partial charge < -0.3 is 15.2 Å². The van der Waals surface area contributed by atoms with E-state index in [0.717, 1.165) is 10.9 Å². The number of pyridine rings is 1. The van der Waals surface area contributed by atoms with Crippen LogP contribution in [-0.2, 0) is 0 Å². The minimum absolute atomic E-state index is 0.438. The van der Waals surface area contributed by atoms with Crippen molar-refractivity contribution in [2.24, 2.45) is 0 Å². The minimum Gasteiger partial charge on any atom is -0.488 e. The van der Waals surface area contributed by atoms with E-state index in [-0.39, 0.29) is 0 Å². The van der Waals surface area contributed by atoms with Crippen LogP contribution in [0.25, 0.3) is 0 Å². The third kappa shape index (κ3) is 3.86. The highest BCUT2D eigenvalue weighted by atomic mass is 79.9. The molecule has 2 aromatic rings. The van der Waals surface area contributed by atoms with Crippen molar-refractivity contribution in [3.05, 3.63) is 41.0 Å². The number of ether oxygens (including phenoxy) is 2. The van der Waals surface area contributed by atoms with Gasteiger partial charge in [-0.2, -0.15) is 0 Å². The van der Waals surface area contributed by atoms with E-state index in [9.17, 15) is 0 Å². The summed E-state index contributed by atoms with van der Waals surface area (Å²) in [6.45, 7) is 2.68. The Morgan fingerprint density at radius 1 is 1.32 bits per heavy atom.